The Kier molecular flexibility index (Phi) is 3.50. The van der Waals surface area contributed by atoms with Gasteiger partial charge in [0.25, 0.3) is 0 Å². The summed E-state index contributed by atoms with van der Waals surface area (Å²) < 4.78 is 20.6. The minimum Gasteiger partial charge on any atom is -0.497 e. The Hall–Kier alpha value is -3.14. The van der Waals surface area contributed by atoms with Crippen LogP contribution in [-0.2, 0) is 0 Å². The summed E-state index contributed by atoms with van der Waals surface area (Å²) >= 11 is 0. The molecule has 24 heavy (non-hydrogen) atoms. The lowest BCUT2D eigenvalue weighted by Crippen LogP contribution is -1.97. The molecular formula is C20H15FN2O. The number of imidazole rings is 1. The summed E-state index contributed by atoms with van der Waals surface area (Å²) in [5.74, 6) is 1.35. The van der Waals surface area contributed by atoms with E-state index in [0.717, 1.165) is 33.9 Å². The molecule has 0 bridgehead atoms. The lowest BCUT2D eigenvalue weighted by molar-refractivity contribution is 0.415. The van der Waals surface area contributed by atoms with Gasteiger partial charge in [0.2, 0.25) is 0 Å². The minimum absolute atomic E-state index is 0.255. The first-order valence-electron chi connectivity index (χ1n) is 7.64. The summed E-state index contributed by atoms with van der Waals surface area (Å²) in [5, 5.41) is 0. The number of hydrogen-bond acceptors (Lipinski definition) is 2. The van der Waals surface area contributed by atoms with E-state index in [1.807, 2.05) is 53.1 Å². The van der Waals surface area contributed by atoms with Crippen LogP contribution in [0.15, 0.2) is 72.8 Å². The van der Waals surface area contributed by atoms with E-state index in [4.69, 9.17) is 9.72 Å². The highest BCUT2D eigenvalue weighted by molar-refractivity contribution is 5.83. The highest BCUT2D eigenvalue weighted by atomic mass is 19.1. The minimum atomic E-state index is -0.255. The standard InChI is InChI=1S/C20H15FN2O/c1-24-17-12-6-14(7-13-17)20-22-18-4-2-3-5-19(18)23(20)16-10-8-15(21)9-11-16/h2-13H,1H3. The second-order valence-electron chi connectivity index (χ2n) is 5.46. The summed E-state index contributed by atoms with van der Waals surface area (Å²) in [6.45, 7) is 0. The number of ether oxygens (including phenoxy) is 1. The molecule has 0 N–H and O–H groups in total. The number of benzene rings is 3. The lowest BCUT2D eigenvalue weighted by Gasteiger charge is -2.10. The predicted molar refractivity (Wildman–Crippen MR) is 93.0 cm³/mol. The van der Waals surface area contributed by atoms with Crippen molar-refractivity contribution in [1.82, 2.24) is 9.55 Å². The average Bonchev–Trinajstić information content (AvgIpc) is 3.02. The van der Waals surface area contributed by atoms with Crippen molar-refractivity contribution in [2.45, 2.75) is 0 Å². The molecule has 0 saturated heterocycles. The van der Waals surface area contributed by atoms with Crippen LogP contribution in [0.25, 0.3) is 28.1 Å². The van der Waals surface area contributed by atoms with Crippen molar-refractivity contribution in [3.8, 4) is 22.8 Å². The number of methoxy groups -OCH3 is 1. The second-order valence-corrected chi connectivity index (χ2v) is 5.46. The third-order valence-corrected chi connectivity index (χ3v) is 3.99. The van der Waals surface area contributed by atoms with Crippen molar-refractivity contribution >= 4 is 11.0 Å². The summed E-state index contributed by atoms with van der Waals surface area (Å²) in [5.41, 5.74) is 3.72. The van der Waals surface area contributed by atoms with Crippen LogP contribution in [0.2, 0.25) is 0 Å². The quantitative estimate of drug-likeness (QED) is 0.540. The van der Waals surface area contributed by atoms with Gasteiger partial charge in [0.1, 0.15) is 17.4 Å². The van der Waals surface area contributed by atoms with Gasteiger partial charge in [-0.1, -0.05) is 12.1 Å². The molecule has 4 heteroatoms. The lowest BCUT2D eigenvalue weighted by atomic mass is 10.2. The first kappa shape index (κ1) is 14.5. The van der Waals surface area contributed by atoms with Gasteiger partial charge in [-0.3, -0.25) is 4.57 Å². The smallest absolute Gasteiger partial charge is 0.145 e. The van der Waals surface area contributed by atoms with Crippen LogP contribution in [0.3, 0.4) is 0 Å². The van der Waals surface area contributed by atoms with E-state index in [1.54, 1.807) is 19.2 Å². The van der Waals surface area contributed by atoms with E-state index in [1.165, 1.54) is 12.1 Å². The van der Waals surface area contributed by atoms with E-state index in [9.17, 15) is 4.39 Å². The zero-order valence-electron chi connectivity index (χ0n) is 13.1. The van der Waals surface area contributed by atoms with Gasteiger partial charge in [-0.05, 0) is 60.7 Å². The second kappa shape index (κ2) is 5.81. The fourth-order valence-electron chi connectivity index (χ4n) is 2.81. The van der Waals surface area contributed by atoms with Gasteiger partial charge in [0.05, 0.1) is 18.1 Å². The van der Waals surface area contributed by atoms with Gasteiger partial charge < -0.3 is 4.74 Å². The molecular weight excluding hydrogens is 303 g/mol. The number of rotatable bonds is 3. The molecule has 0 aliphatic heterocycles. The average molecular weight is 318 g/mol. The third-order valence-electron chi connectivity index (χ3n) is 3.99. The van der Waals surface area contributed by atoms with E-state index in [2.05, 4.69) is 0 Å². The highest BCUT2D eigenvalue weighted by Gasteiger charge is 2.14. The normalized spacial score (nSPS) is 10.9. The molecule has 4 aromatic rings. The van der Waals surface area contributed by atoms with Crippen LogP contribution in [0.1, 0.15) is 0 Å². The molecule has 0 spiro atoms. The fourth-order valence-corrected chi connectivity index (χ4v) is 2.81. The number of para-hydroxylation sites is 2. The van der Waals surface area contributed by atoms with Crippen LogP contribution >= 0.6 is 0 Å². The van der Waals surface area contributed by atoms with Crippen molar-refractivity contribution in [2.24, 2.45) is 0 Å². The Morgan fingerprint density at radius 1 is 0.875 bits per heavy atom. The highest BCUT2D eigenvalue weighted by Crippen LogP contribution is 2.29. The molecule has 0 atom stereocenters. The first-order chi connectivity index (χ1) is 11.8. The summed E-state index contributed by atoms with van der Waals surface area (Å²) in [6.07, 6.45) is 0. The molecule has 4 rings (SSSR count). The third kappa shape index (κ3) is 2.42. The van der Waals surface area contributed by atoms with Crippen molar-refractivity contribution < 1.29 is 9.13 Å². The Bertz CT molecular complexity index is 989. The number of nitrogens with zero attached hydrogens (tertiary/aromatic N) is 2. The zero-order chi connectivity index (χ0) is 16.5. The van der Waals surface area contributed by atoms with Crippen molar-refractivity contribution in [3.05, 3.63) is 78.6 Å². The number of hydrogen-bond donors (Lipinski definition) is 0. The summed E-state index contributed by atoms with van der Waals surface area (Å²) in [6, 6.07) is 22.1. The van der Waals surface area contributed by atoms with Crippen molar-refractivity contribution in [3.63, 3.8) is 0 Å². The van der Waals surface area contributed by atoms with E-state index >= 15 is 0 Å². The molecule has 118 valence electrons. The van der Waals surface area contributed by atoms with Crippen molar-refractivity contribution in [2.75, 3.05) is 7.11 Å². The number of fused-ring (bicyclic) bond motifs is 1. The molecule has 0 aliphatic rings. The largest absolute Gasteiger partial charge is 0.497 e. The molecule has 0 saturated carbocycles. The van der Waals surface area contributed by atoms with Crippen LogP contribution in [-0.4, -0.2) is 16.7 Å². The molecule has 0 unspecified atom stereocenters. The SMILES string of the molecule is COc1ccc(-c2nc3ccccc3n2-c2ccc(F)cc2)cc1. The molecule has 1 aromatic heterocycles. The van der Waals surface area contributed by atoms with Crippen LogP contribution in [0, 0.1) is 5.82 Å². The van der Waals surface area contributed by atoms with Crippen LogP contribution in [0.5, 0.6) is 5.75 Å². The fraction of sp³-hybridized carbons (Fsp3) is 0.0500. The van der Waals surface area contributed by atoms with Gasteiger partial charge in [0.15, 0.2) is 0 Å². The maximum Gasteiger partial charge on any atom is 0.145 e. The predicted octanol–water partition coefficient (Wildman–Crippen LogP) is 4.84. The van der Waals surface area contributed by atoms with Crippen LogP contribution < -0.4 is 4.74 Å². The van der Waals surface area contributed by atoms with Gasteiger partial charge in [0, 0.05) is 11.3 Å². The van der Waals surface area contributed by atoms with Crippen LogP contribution in [0.4, 0.5) is 4.39 Å². The molecule has 1 heterocycles. The summed E-state index contributed by atoms with van der Waals surface area (Å²) in [4.78, 5) is 4.77. The number of halogens is 1. The Balaban J connectivity index is 1.97. The molecule has 3 nitrogen and oxygen atoms in total. The zero-order valence-corrected chi connectivity index (χ0v) is 13.1. The van der Waals surface area contributed by atoms with Gasteiger partial charge in [-0.15, -0.1) is 0 Å². The Morgan fingerprint density at radius 2 is 1.58 bits per heavy atom. The molecule has 3 aromatic carbocycles. The molecule has 0 aliphatic carbocycles. The Morgan fingerprint density at radius 3 is 2.29 bits per heavy atom. The first-order valence-corrected chi connectivity index (χ1v) is 7.64. The Labute approximate surface area is 139 Å². The maximum absolute atomic E-state index is 13.3. The van der Waals surface area contributed by atoms with Gasteiger partial charge >= 0.3 is 0 Å². The van der Waals surface area contributed by atoms with E-state index in [0.29, 0.717) is 0 Å². The van der Waals surface area contributed by atoms with Gasteiger partial charge in [-0.25, -0.2) is 9.37 Å². The summed E-state index contributed by atoms with van der Waals surface area (Å²) in [7, 11) is 1.64. The van der Waals surface area contributed by atoms with E-state index in [-0.39, 0.29) is 5.82 Å². The topological polar surface area (TPSA) is 27.1 Å². The van der Waals surface area contributed by atoms with Gasteiger partial charge in [-0.2, -0.15) is 0 Å². The molecule has 0 amide bonds. The number of aromatic nitrogens is 2. The van der Waals surface area contributed by atoms with Crippen molar-refractivity contribution in [1.29, 1.82) is 0 Å². The maximum atomic E-state index is 13.3. The molecule has 0 fully saturated rings. The van der Waals surface area contributed by atoms with E-state index < -0.39 is 0 Å². The monoisotopic (exact) mass is 318 g/mol. The molecule has 0 radical (unpaired) electrons.